The third kappa shape index (κ3) is 4.52. The molecule has 0 saturated heterocycles. The van der Waals surface area contributed by atoms with E-state index in [0.717, 1.165) is 17.1 Å². The van der Waals surface area contributed by atoms with Crippen molar-refractivity contribution in [2.24, 2.45) is 0 Å². The summed E-state index contributed by atoms with van der Waals surface area (Å²) in [5.41, 5.74) is 7.05. The third-order valence-electron chi connectivity index (χ3n) is 3.92. The number of thioether (sulfide) groups is 1. The third-order valence-corrected chi connectivity index (χ3v) is 5.18. The minimum atomic E-state index is -0.483. The highest BCUT2D eigenvalue weighted by Crippen LogP contribution is 2.23. The molecule has 0 spiro atoms. The van der Waals surface area contributed by atoms with Crippen molar-refractivity contribution in [3.8, 4) is 5.69 Å². The maximum atomic E-state index is 12.1. The van der Waals surface area contributed by atoms with Gasteiger partial charge in [-0.15, -0.1) is 10.2 Å². The number of benzene rings is 2. The molecular formula is C19H18ClN5O2S. The first-order valence-electron chi connectivity index (χ1n) is 8.42. The first-order valence-corrected chi connectivity index (χ1v) is 9.78. The average Bonchev–Trinajstić information content (AvgIpc) is 3.05. The van der Waals surface area contributed by atoms with E-state index in [1.165, 1.54) is 11.8 Å². The topological polar surface area (TPSA) is 88.9 Å². The fourth-order valence-electron chi connectivity index (χ4n) is 2.53. The molecule has 2 amide bonds. The number of hydrogen-bond acceptors (Lipinski definition) is 5. The molecule has 2 N–H and O–H groups in total. The van der Waals surface area contributed by atoms with Gasteiger partial charge < -0.3 is 0 Å². The molecular weight excluding hydrogens is 398 g/mol. The van der Waals surface area contributed by atoms with Crippen molar-refractivity contribution < 1.29 is 9.59 Å². The lowest BCUT2D eigenvalue weighted by Crippen LogP contribution is -2.42. The largest absolute Gasteiger partial charge is 0.274 e. The quantitative estimate of drug-likeness (QED) is 0.493. The highest BCUT2D eigenvalue weighted by molar-refractivity contribution is 7.99. The number of hydrazine groups is 1. The number of rotatable bonds is 5. The van der Waals surface area contributed by atoms with Gasteiger partial charge in [0, 0.05) is 0 Å². The molecule has 0 aliphatic carbocycles. The molecule has 0 aliphatic rings. The lowest BCUT2D eigenvalue weighted by atomic mass is 10.2. The van der Waals surface area contributed by atoms with Gasteiger partial charge in [-0.3, -0.25) is 25.0 Å². The second-order valence-electron chi connectivity index (χ2n) is 5.92. The van der Waals surface area contributed by atoms with Crippen LogP contribution in [0.1, 0.15) is 21.7 Å². The summed E-state index contributed by atoms with van der Waals surface area (Å²) in [6.07, 6.45) is 0. The highest BCUT2D eigenvalue weighted by atomic mass is 35.5. The molecule has 0 aliphatic heterocycles. The Morgan fingerprint density at radius 2 is 1.75 bits per heavy atom. The molecule has 2 aromatic carbocycles. The van der Waals surface area contributed by atoms with Crippen LogP contribution in [0, 0.1) is 13.8 Å². The Balaban J connectivity index is 1.61. The van der Waals surface area contributed by atoms with Gasteiger partial charge in [0.1, 0.15) is 5.82 Å². The van der Waals surface area contributed by atoms with Crippen molar-refractivity contribution in [3.05, 3.63) is 70.5 Å². The van der Waals surface area contributed by atoms with E-state index in [4.69, 9.17) is 11.6 Å². The number of carbonyl (C=O) groups excluding carboxylic acids is 2. The second kappa shape index (κ2) is 8.90. The summed E-state index contributed by atoms with van der Waals surface area (Å²) in [4.78, 5) is 24.2. The van der Waals surface area contributed by atoms with Crippen LogP contribution >= 0.6 is 23.4 Å². The Morgan fingerprint density at radius 1 is 1.04 bits per heavy atom. The van der Waals surface area contributed by atoms with Gasteiger partial charge in [-0.2, -0.15) is 0 Å². The normalized spacial score (nSPS) is 10.5. The molecule has 28 heavy (non-hydrogen) atoms. The van der Waals surface area contributed by atoms with Gasteiger partial charge in [0.25, 0.3) is 5.91 Å². The zero-order chi connectivity index (χ0) is 20.1. The summed E-state index contributed by atoms with van der Waals surface area (Å²) < 4.78 is 1.90. The molecule has 9 heteroatoms. The molecule has 0 fully saturated rings. The van der Waals surface area contributed by atoms with Crippen LogP contribution in [0.4, 0.5) is 0 Å². The van der Waals surface area contributed by atoms with E-state index in [-0.39, 0.29) is 17.2 Å². The number of nitrogens with one attached hydrogen (secondary N) is 2. The number of aromatic nitrogens is 3. The van der Waals surface area contributed by atoms with Crippen LogP contribution in [0.3, 0.4) is 0 Å². The first kappa shape index (κ1) is 19.9. The van der Waals surface area contributed by atoms with Crippen molar-refractivity contribution in [1.29, 1.82) is 0 Å². The molecule has 1 aromatic heterocycles. The van der Waals surface area contributed by atoms with E-state index >= 15 is 0 Å². The molecule has 0 radical (unpaired) electrons. The van der Waals surface area contributed by atoms with Crippen LogP contribution in [-0.2, 0) is 4.79 Å². The lowest BCUT2D eigenvalue weighted by molar-refractivity contribution is -0.119. The van der Waals surface area contributed by atoms with Gasteiger partial charge in [-0.25, -0.2) is 0 Å². The summed E-state index contributed by atoms with van der Waals surface area (Å²) in [5.74, 6) is -0.0678. The van der Waals surface area contributed by atoms with Crippen LogP contribution in [0.15, 0.2) is 53.7 Å². The monoisotopic (exact) mass is 415 g/mol. The van der Waals surface area contributed by atoms with Gasteiger partial charge in [0.05, 0.1) is 22.0 Å². The standard InChI is InChI=1S/C19H18ClN5O2S/c1-12-7-3-6-10-16(12)25-13(2)21-24-19(25)28-11-17(26)22-23-18(27)14-8-4-5-9-15(14)20/h3-10H,11H2,1-2H3,(H,22,26)(H,23,27). The minimum Gasteiger partial charge on any atom is -0.274 e. The fraction of sp³-hybridized carbons (Fsp3) is 0.158. The van der Waals surface area contributed by atoms with Crippen LogP contribution < -0.4 is 10.9 Å². The molecule has 0 saturated carbocycles. The van der Waals surface area contributed by atoms with Gasteiger partial charge in [-0.1, -0.05) is 53.7 Å². The molecule has 3 rings (SSSR count). The van der Waals surface area contributed by atoms with Crippen molar-refractivity contribution >= 4 is 35.2 Å². The van der Waals surface area contributed by atoms with Crippen LogP contribution in [0.2, 0.25) is 5.02 Å². The van der Waals surface area contributed by atoms with Crippen LogP contribution in [0.5, 0.6) is 0 Å². The number of hydrogen-bond donors (Lipinski definition) is 2. The van der Waals surface area contributed by atoms with Crippen molar-refractivity contribution in [2.45, 2.75) is 19.0 Å². The van der Waals surface area contributed by atoms with Gasteiger partial charge in [0.15, 0.2) is 5.16 Å². The first-order chi connectivity index (χ1) is 13.5. The van der Waals surface area contributed by atoms with Crippen molar-refractivity contribution in [3.63, 3.8) is 0 Å². The number of halogens is 1. The SMILES string of the molecule is Cc1ccccc1-n1c(C)nnc1SCC(=O)NNC(=O)c1ccccc1Cl. The Hall–Kier alpha value is -2.84. The fourth-order valence-corrected chi connectivity index (χ4v) is 3.55. The maximum absolute atomic E-state index is 12.1. The number of nitrogens with zero attached hydrogens (tertiary/aromatic N) is 3. The predicted molar refractivity (Wildman–Crippen MR) is 109 cm³/mol. The maximum Gasteiger partial charge on any atom is 0.271 e. The zero-order valence-corrected chi connectivity index (χ0v) is 16.8. The van der Waals surface area contributed by atoms with Crippen LogP contribution in [-0.4, -0.2) is 32.3 Å². The van der Waals surface area contributed by atoms with E-state index in [2.05, 4.69) is 21.0 Å². The van der Waals surface area contributed by atoms with Crippen molar-refractivity contribution in [1.82, 2.24) is 25.6 Å². The Morgan fingerprint density at radius 3 is 2.50 bits per heavy atom. The zero-order valence-electron chi connectivity index (χ0n) is 15.3. The minimum absolute atomic E-state index is 0.0623. The number of carbonyl (C=O) groups is 2. The number of amides is 2. The number of aryl methyl sites for hydroxylation is 2. The Bertz CT molecular complexity index is 1020. The van der Waals surface area contributed by atoms with E-state index in [1.54, 1.807) is 24.3 Å². The molecule has 144 valence electrons. The Labute approximate surface area is 171 Å². The van der Waals surface area contributed by atoms with Gasteiger partial charge in [0.2, 0.25) is 5.91 Å². The summed E-state index contributed by atoms with van der Waals surface area (Å²) in [5, 5.41) is 9.17. The second-order valence-corrected chi connectivity index (χ2v) is 7.27. The lowest BCUT2D eigenvalue weighted by Gasteiger charge is -2.11. The van der Waals surface area contributed by atoms with E-state index in [0.29, 0.717) is 10.2 Å². The molecule has 0 atom stereocenters. The van der Waals surface area contributed by atoms with Crippen LogP contribution in [0.25, 0.3) is 5.69 Å². The van der Waals surface area contributed by atoms with E-state index < -0.39 is 5.91 Å². The van der Waals surface area contributed by atoms with E-state index in [1.807, 2.05) is 42.7 Å². The molecule has 1 heterocycles. The summed E-state index contributed by atoms with van der Waals surface area (Å²) >= 11 is 7.20. The smallest absolute Gasteiger partial charge is 0.271 e. The molecule has 3 aromatic rings. The van der Waals surface area contributed by atoms with Gasteiger partial charge >= 0.3 is 0 Å². The molecule has 7 nitrogen and oxygen atoms in total. The van der Waals surface area contributed by atoms with Gasteiger partial charge in [-0.05, 0) is 37.6 Å². The molecule has 0 bridgehead atoms. The van der Waals surface area contributed by atoms with E-state index in [9.17, 15) is 9.59 Å². The Kier molecular flexibility index (Phi) is 6.33. The summed E-state index contributed by atoms with van der Waals surface area (Å²) in [7, 11) is 0. The predicted octanol–water partition coefficient (Wildman–Crippen LogP) is 3.09. The summed E-state index contributed by atoms with van der Waals surface area (Å²) in [6, 6.07) is 14.5. The average molecular weight is 416 g/mol. The highest BCUT2D eigenvalue weighted by Gasteiger charge is 2.15. The molecule has 0 unspecified atom stereocenters. The number of para-hydroxylation sites is 1. The summed E-state index contributed by atoms with van der Waals surface area (Å²) in [6.45, 7) is 3.85. The van der Waals surface area contributed by atoms with Crippen molar-refractivity contribution in [2.75, 3.05) is 5.75 Å².